The Kier molecular flexibility index (Phi) is 6.18. The lowest BCUT2D eigenvalue weighted by molar-refractivity contribution is -0.140. The van der Waals surface area contributed by atoms with Gasteiger partial charge in [-0.3, -0.25) is 9.59 Å². The van der Waals surface area contributed by atoms with Crippen LogP contribution in [0.5, 0.6) is 0 Å². The van der Waals surface area contributed by atoms with Crippen LogP contribution < -0.4 is 10.6 Å². The van der Waals surface area contributed by atoms with Crippen molar-refractivity contribution < 1.29 is 14.3 Å². The van der Waals surface area contributed by atoms with E-state index in [0.717, 1.165) is 5.56 Å². The number of amides is 2. The van der Waals surface area contributed by atoms with Gasteiger partial charge >= 0.3 is 11.8 Å². The van der Waals surface area contributed by atoms with E-state index in [1.54, 1.807) is 14.0 Å². The molecule has 5 nitrogen and oxygen atoms in total. The summed E-state index contributed by atoms with van der Waals surface area (Å²) in [6, 6.07) is 9.66. The van der Waals surface area contributed by atoms with E-state index in [9.17, 15) is 9.59 Å². The summed E-state index contributed by atoms with van der Waals surface area (Å²) in [4.78, 5) is 23.1. The number of carbonyl (C=O) groups is 2. The number of nitrogens with one attached hydrogen (secondary N) is 2. The molecule has 1 unspecified atom stereocenters. The number of ether oxygens (including phenoxy) is 1. The number of hydrogen-bond acceptors (Lipinski definition) is 3. The van der Waals surface area contributed by atoms with Crippen molar-refractivity contribution in [2.45, 2.75) is 25.9 Å². The molecule has 1 aromatic rings. The van der Waals surface area contributed by atoms with Crippen LogP contribution in [0.3, 0.4) is 0 Å². The Morgan fingerprint density at radius 1 is 1.10 bits per heavy atom. The minimum Gasteiger partial charge on any atom is -0.372 e. The third-order valence-corrected chi connectivity index (χ3v) is 3.34. The van der Waals surface area contributed by atoms with Gasteiger partial charge in [0.2, 0.25) is 0 Å². The van der Waals surface area contributed by atoms with Gasteiger partial charge in [0.25, 0.3) is 0 Å². The number of carbonyl (C=O) groups excluding carboxylic acids is 2. The second kappa shape index (κ2) is 7.65. The quantitative estimate of drug-likeness (QED) is 0.768. The molecule has 0 fully saturated rings. The maximum atomic E-state index is 11.7. The molecule has 2 amide bonds. The maximum absolute atomic E-state index is 11.7. The first-order valence-electron chi connectivity index (χ1n) is 6.76. The van der Waals surface area contributed by atoms with Crippen LogP contribution in [0.1, 0.15) is 25.8 Å². The van der Waals surface area contributed by atoms with Gasteiger partial charge in [-0.25, -0.2) is 0 Å². The molecule has 0 bridgehead atoms. The summed E-state index contributed by atoms with van der Waals surface area (Å²) < 4.78 is 5.62. The van der Waals surface area contributed by atoms with Crippen LogP contribution >= 0.6 is 0 Å². The van der Waals surface area contributed by atoms with Gasteiger partial charge in [-0.15, -0.1) is 0 Å². The van der Waals surface area contributed by atoms with Crippen molar-refractivity contribution in [3.63, 3.8) is 0 Å². The van der Waals surface area contributed by atoms with Crippen molar-refractivity contribution in [1.82, 2.24) is 10.6 Å². The van der Waals surface area contributed by atoms with Crippen LogP contribution in [0.25, 0.3) is 0 Å². The molecule has 20 heavy (non-hydrogen) atoms. The van der Waals surface area contributed by atoms with Gasteiger partial charge in [0.05, 0.1) is 6.54 Å². The van der Waals surface area contributed by atoms with Gasteiger partial charge in [-0.05, 0) is 18.9 Å². The molecule has 110 valence electrons. The third kappa shape index (κ3) is 3.81. The molecule has 1 aromatic carbocycles. The highest BCUT2D eigenvalue weighted by Gasteiger charge is 2.31. The first-order chi connectivity index (χ1) is 9.59. The normalized spacial score (nSPS) is 13.3. The monoisotopic (exact) mass is 278 g/mol. The Bertz CT molecular complexity index is 442. The fraction of sp³-hybridized carbons (Fsp3) is 0.467. The van der Waals surface area contributed by atoms with E-state index < -0.39 is 17.4 Å². The predicted molar refractivity (Wildman–Crippen MR) is 77.1 cm³/mol. The van der Waals surface area contributed by atoms with Gasteiger partial charge < -0.3 is 15.4 Å². The van der Waals surface area contributed by atoms with Crippen molar-refractivity contribution in [1.29, 1.82) is 0 Å². The first kappa shape index (κ1) is 16.2. The fourth-order valence-electron chi connectivity index (χ4n) is 2.05. The SMILES string of the molecule is CCNC(=O)C(=O)NCC(CC)(OC)c1ccccc1. The molecule has 0 aliphatic rings. The second-order valence-electron chi connectivity index (χ2n) is 4.46. The Hall–Kier alpha value is -1.88. The van der Waals surface area contributed by atoms with Gasteiger partial charge in [0.15, 0.2) is 0 Å². The minimum atomic E-state index is -0.641. The molecule has 2 N–H and O–H groups in total. The number of rotatable bonds is 6. The van der Waals surface area contributed by atoms with E-state index in [4.69, 9.17) is 4.74 Å². The van der Waals surface area contributed by atoms with Crippen molar-refractivity contribution in [3.8, 4) is 0 Å². The van der Waals surface area contributed by atoms with Crippen molar-refractivity contribution in [3.05, 3.63) is 35.9 Å². The van der Waals surface area contributed by atoms with Gasteiger partial charge in [0.1, 0.15) is 5.60 Å². The minimum absolute atomic E-state index is 0.250. The molecule has 0 heterocycles. The lowest BCUT2D eigenvalue weighted by Crippen LogP contribution is -2.47. The summed E-state index contributed by atoms with van der Waals surface area (Å²) in [5, 5.41) is 5.10. The van der Waals surface area contributed by atoms with Crippen LogP contribution in [0.4, 0.5) is 0 Å². The summed E-state index contributed by atoms with van der Waals surface area (Å²) in [5.74, 6) is -1.26. The number of hydrogen-bond donors (Lipinski definition) is 2. The summed E-state index contributed by atoms with van der Waals surface area (Å²) in [6.07, 6.45) is 0.684. The van der Waals surface area contributed by atoms with Crippen LogP contribution in [0.2, 0.25) is 0 Å². The first-order valence-corrected chi connectivity index (χ1v) is 6.76. The molecular formula is C15H22N2O3. The molecule has 0 spiro atoms. The Morgan fingerprint density at radius 2 is 1.70 bits per heavy atom. The average Bonchev–Trinajstić information content (AvgIpc) is 2.50. The zero-order chi connectivity index (χ0) is 15.0. The van der Waals surface area contributed by atoms with Crippen molar-refractivity contribution >= 4 is 11.8 Å². The van der Waals surface area contributed by atoms with Crippen LogP contribution in [-0.4, -0.2) is 32.0 Å². The van der Waals surface area contributed by atoms with E-state index in [-0.39, 0.29) is 6.54 Å². The van der Waals surface area contributed by atoms with Crippen LogP contribution in [-0.2, 0) is 19.9 Å². The van der Waals surface area contributed by atoms with Crippen molar-refractivity contribution in [2.24, 2.45) is 0 Å². The lowest BCUT2D eigenvalue weighted by atomic mass is 9.90. The summed E-state index contributed by atoms with van der Waals surface area (Å²) >= 11 is 0. The average molecular weight is 278 g/mol. The molecule has 0 saturated heterocycles. The highest BCUT2D eigenvalue weighted by molar-refractivity contribution is 6.35. The predicted octanol–water partition coefficient (Wildman–Crippen LogP) is 1.19. The molecule has 0 aromatic heterocycles. The highest BCUT2D eigenvalue weighted by atomic mass is 16.5. The zero-order valence-corrected chi connectivity index (χ0v) is 12.2. The fourth-order valence-corrected chi connectivity index (χ4v) is 2.05. The molecule has 0 saturated carbocycles. The number of likely N-dealkylation sites (N-methyl/N-ethyl adjacent to an activating group) is 1. The molecule has 5 heteroatoms. The van der Waals surface area contributed by atoms with Crippen LogP contribution in [0, 0.1) is 0 Å². The molecule has 1 atom stereocenters. The maximum Gasteiger partial charge on any atom is 0.309 e. The molecule has 0 radical (unpaired) electrons. The van der Waals surface area contributed by atoms with E-state index in [2.05, 4.69) is 10.6 Å². The second-order valence-corrected chi connectivity index (χ2v) is 4.46. The van der Waals surface area contributed by atoms with Gasteiger partial charge in [-0.1, -0.05) is 37.3 Å². The van der Waals surface area contributed by atoms with Gasteiger partial charge in [-0.2, -0.15) is 0 Å². The highest BCUT2D eigenvalue weighted by Crippen LogP contribution is 2.27. The summed E-state index contributed by atoms with van der Waals surface area (Å²) in [7, 11) is 1.61. The molecule has 1 rings (SSSR count). The Labute approximate surface area is 119 Å². The topological polar surface area (TPSA) is 67.4 Å². The molecular weight excluding hydrogens is 256 g/mol. The third-order valence-electron chi connectivity index (χ3n) is 3.34. The smallest absolute Gasteiger partial charge is 0.309 e. The summed E-state index contributed by atoms with van der Waals surface area (Å²) in [5.41, 5.74) is 0.352. The van der Waals surface area contributed by atoms with E-state index in [1.807, 2.05) is 37.3 Å². The van der Waals surface area contributed by atoms with Crippen LogP contribution in [0.15, 0.2) is 30.3 Å². The number of benzene rings is 1. The number of methoxy groups -OCH3 is 1. The Morgan fingerprint density at radius 3 is 2.20 bits per heavy atom. The molecule has 0 aliphatic carbocycles. The van der Waals surface area contributed by atoms with E-state index >= 15 is 0 Å². The zero-order valence-electron chi connectivity index (χ0n) is 12.2. The summed E-state index contributed by atoms with van der Waals surface area (Å²) in [6.45, 7) is 4.42. The van der Waals surface area contributed by atoms with Gasteiger partial charge in [0, 0.05) is 13.7 Å². The van der Waals surface area contributed by atoms with E-state index in [1.165, 1.54) is 0 Å². The Balaban J connectivity index is 2.78. The molecule has 0 aliphatic heterocycles. The standard InChI is InChI=1S/C15H22N2O3/c1-4-15(20-3,12-9-7-6-8-10-12)11-17-14(19)13(18)16-5-2/h6-10H,4-5,11H2,1-3H3,(H,16,18)(H,17,19). The van der Waals surface area contributed by atoms with Crippen molar-refractivity contribution in [2.75, 3.05) is 20.2 Å². The lowest BCUT2D eigenvalue weighted by Gasteiger charge is -2.32. The van der Waals surface area contributed by atoms with E-state index in [0.29, 0.717) is 13.0 Å². The largest absolute Gasteiger partial charge is 0.372 e.